The van der Waals surface area contributed by atoms with Gasteiger partial charge in [-0.25, -0.2) is 0 Å². The van der Waals surface area contributed by atoms with Gasteiger partial charge in [-0.2, -0.15) is 20.1 Å². The monoisotopic (exact) mass is 284 g/mol. The molecule has 0 saturated carbocycles. The highest BCUT2D eigenvalue weighted by atomic mass is 32.1. The molecule has 0 aliphatic heterocycles. The molecule has 0 bridgehead atoms. The van der Waals surface area contributed by atoms with Crippen LogP contribution in [0, 0.1) is 0 Å². The lowest BCUT2D eigenvalue weighted by atomic mass is 10.0. The van der Waals surface area contributed by atoms with Gasteiger partial charge in [-0.1, -0.05) is 24.3 Å². The van der Waals surface area contributed by atoms with Gasteiger partial charge in [-0.05, 0) is 33.5 Å². The van der Waals surface area contributed by atoms with Gasteiger partial charge in [0.1, 0.15) is 0 Å². The number of benzene rings is 1. The van der Waals surface area contributed by atoms with E-state index >= 15 is 0 Å². The van der Waals surface area contributed by atoms with Crippen LogP contribution in [0.2, 0.25) is 0 Å². The highest BCUT2D eigenvalue weighted by molar-refractivity contribution is 7.08. The van der Waals surface area contributed by atoms with E-state index in [0.717, 1.165) is 18.2 Å². The molecule has 1 aromatic heterocycles. The van der Waals surface area contributed by atoms with E-state index in [1.807, 2.05) is 16.8 Å². The van der Waals surface area contributed by atoms with Crippen LogP contribution < -0.4 is 0 Å². The minimum Gasteiger partial charge on any atom is -0.368 e. The zero-order valence-corrected chi connectivity index (χ0v) is 11.4. The summed E-state index contributed by atoms with van der Waals surface area (Å²) in [5.41, 5.74) is 2.44. The van der Waals surface area contributed by atoms with Crippen molar-refractivity contribution in [3.63, 3.8) is 0 Å². The van der Waals surface area contributed by atoms with Crippen LogP contribution in [-0.2, 0) is 9.47 Å². The number of thiophene rings is 1. The number of ether oxygens (including phenoxy) is 2. The van der Waals surface area contributed by atoms with E-state index in [4.69, 9.17) is 4.74 Å². The van der Waals surface area contributed by atoms with Gasteiger partial charge in [-0.3, -0.25) is 0 Å². The van der Waals surface area contributed by atoms with Gasteiger partial charge in [0, 0.05) is 14.2 Å². The molecule has 0 spiro atoms. The van der Waals surface area contributed by atoms with Gasteiger partial charge in [0.15, 0.2) is 6.10 Å². The first-order valence-electron chi connectivity index (χ1n) is 5.67. The topological polar surface area (TPSA) is 18.5 Å². The zero-order chi connectivity index (χ0) is 13.9. The van der Waals surface area contributed by atoms with Crippen molar-refractivity contribution in [1.82, 2.24) is 0 Å². The van der Waals surface area contributed by atoms with E-state index in [9.17, 15) is 8.78 Å². The number of halogens is 2. The summed E-state index contributed by atoms with van der Waals surface area (Å²) in [6.07, 6.45) is -4.76. The van der Waals surface area contributed by atoms with Crippen molar-refractivity contribution in [3.05, 3.63) is 46.7 Å². The highest BCUT2D eigenvalue weighted by Gasteiger charge is 2.41. The number of hydrogen-bond donors (Lipinski definition) is 0. The molecule has 0 fully saturated rings. The summed E-state index contributed by atoms with van der Waals surface area (Å²) < 4.78 is 36.1. The third-order valence-corrected chi connectivity index (χ3v) is 3.56. The minimum absolute atomic E-state index is 0.383. The highest BCUT2D eigenvalue weighted by Crippen LogP contribution is 2.35. The summed E-state index contributed by atoms with van der Waals surface area (Å²) in [4.78, 5) is 0. The van der Waals surface area contributed by atoms with Crippen LogP contribution in [0.1, 0.15) is 11.7 Å². The van der Waals surface area contributed by atoms with E-state index in [1.54, 1.807) is 35.6 Å². The van der Waals surface area contributed by atoms with Crippen LogP contribution in [0.5, 0.6) is 0 Å². The Bertz CT molecular complexity index is 509. The first kappa shape index (κ1) is 14.1. The predicted octanol–water partition coefficient (Wildman–Crippen LogP) is 4.34. The summed E-state index contributed by atoms with van der Waals surface area (Å²) in [5.74, 6) is 0. The maximum absolute atomic E-state index is 13.5. The van der Waals surface area contributed by atoms with E-state index in [-0.39, 0.29) is 0 Å². The molecule has 0 amide bonds. The maximum atomic E-state index is 13.5. The molecule has 102 valence electrons. The third kappa shape index (κ3) is 3.00. The summed E-state index contributed by atoms with van der Waals surface area (Å²) in [6, 6.07) is 8.85. The predicted molar refractivity (Wildman–Crippen MR) is 71.5 cm³/mol. The Hall–Kier alpha value is -1.30. The molecule has 1 atom stereocenters. The number of methoxy groups -OCH3 is 2. The van der Waals surface area contributed by atoms with Crippen LogP contribution in [0.15, 0.2) is 41.1 Å². The fraction of sp³-hybridized carbons (Fsp3) is 0.286. The molecule has 0 aliphatic rings. The molecule has 2 rings (SSSR count). The van der Waals surface area contributed by atoms with Crippen molar-refractivity contribution in [2.45, 2.75) is 12.2 Å². The van der Waals surface area contributed by atoms with Gasteiger partial charge in [0.25, 0.3) is 0 Å². The smallest absolute Gasteiger partial charge is 0.368 e. The molecule has 0 N–H and O–H groups in total. The van der Waals surface area contributed by atoms with Crippen molar-refractivity contribution in [3.8, 4) is 11.1 Å². The van der Waals surface area contributed by atoms with E-state index in [0.29, 0.717) is 5.56 Å². The molecule has 1 heterocycles. The van der Waals surface area contributed by atoms with Crippen LogP contribution >= 0.6 is 11.3 Å². The lowest BCUT2D eigenvalue weighted by Gasteiger charge is -2.24. The standard InChI is InChI=1S/C14H14F2O2S/c1-17-13(14(15,16)18-2)11-5-3-10(4-6-11)12-7-8-19-9-12/h3-9,13H,1-2H3. The fourth-order valence-corrected chi connectivity index (χ4v) is 2.52. The van der Waals surface area contributed by atoms with Crippen molar-refractivity contribution in [1.29, 1.82) is 0 Å². The molecule has 1 aromatic carbocycles. The molecular formula is C14H14F2O2S. The van der Waals surface area contributed by atoms with E-state index in [1.165, 1.54) is 7.11 Å². The zero-order valence-electron chi connectivity index (χ0n) is 10.6. The first-order chi connectivity index (χ1) is 9.08. The molecule has 2 aromatic rings. The van der Waals surface area contributed by atoms with Crippen molar-refractivity contribution in [2.75, 3.05) is 14.2 Å². The Morgan fingerprint density at radius 3 is 2.21 bits per heavy atom. The average Bonchev–Trinajstić information content (AvgIpc) is 2.94. The number of hydrogen-bond acceptors (Lipinski definition) is 3. The Morgan fingerprint density at radius 2 is 1.74 bits per heavy atom. The molecule has 2 nitrogen and oxygen atoms in total. The second-order valence-corrected chi connectivity index (χ2v) is 4.80. The molecule has 19 heavy (non-hydrogen) atoms. The lowest BCUT2D eigenvalue weighted by Crippen LogP contribution is -2.29. The Balaban J connectivity index is 2.27. The minimum atomic E-state index is -3.35. The normalized spacial score (nSPS) is 13.5. The van der Waals surface area contributed by atoms with Gasteiger partial charge in [0.05, 0.1) is 0 Å². The van der Waals surface area contributed by atoms with Crippen LogP contribution in [-0.4, -0.2) is 20.3 Å². The Labute approximate surface area is 114 Å². The second kappa shape index (κ2) is 5.77. The van der Waals surface area contributed by atoms with Crippen molar-refractivity contribution < 1.29 is 18.3 Å². The summed E-state index contributed by atoms with van der Waals surface area (Å²) in [6.45, 7) is 0. The summed E-state index contributed by atoms with van der Waals surface area (Å²) >= 11 is 1.59. The molecule has 0 saturated heterocycles. The maximum Gasteiger partial charge on any atom is 0.385 e. The summed E-state index contributed by atoms with van der Waals surface area (Å²) in [5, 5.41) is 3.98. The number of alkyl halides is 2. The molecular weight excluding hydrogens is 270 g/mol. The number of rotatable bonds is 5. The lowest BCUT2D eigenvalue weighted by molar-refractivity contribution is -0.284. The fourth-order valence-electron chi connectivity index (χ4n) is 1.85. The SMILES string of the molecule is COC(c1ccc(-c2ccsc2)cc1)C(F)(F)OC. The van der Waals surface area contributed by atoms with Crippen molar-refractivity contribution >= 4 is 11.3 Å². The molecule has 1 unspecified atom stereocenters. The van der Waals surface area contributed by atoms with Gasteiger partial charge in [0.2, 0.25) is 0 Å². The average molecular weight is 284 g/mol. The Morgan fingerprint density at radius 1 is 1.05 bits per heavy atom. The molecule has 5 heteroatoms. The van der Waals surface area contributed by atoms with Crippen LogP contribution in [0.25, 0.3) is 11.1 Å². The largest absolute Gasteiger partial charge is 0.385 e. The van der Waals surface area contributed by atoms with E-state index < -0.39 is 12.2 Å². The first-order valence-corrected chi connectivity index (χ1v) is 6.61. The molecule has 0 aliphatic carbocycles. The van der Waals surface area contributed by atoms with Gasteiger partial charge < -0.3 is 9.47 Å². The summed E-state index contributed by atoms with van der Waals surface area (Å²) in [7, 11) is 2.20. The third-order valence-electron chi connectivity index (χ3n) is 2.88. The second-order valence-electron chi connectivity index (χ2n) is 4.02. The van der Waals surface area contributed by atoms with E-state index in [2.05, 4.69) is 4.74 Å². The quantitative estimate of drug-likeness (QED) is 0.813. The van der Waals surface area contributed by atoms with Gasteiger partial charge in [-0.15, -0.1) is 0 Å². The van der Waals surface area contributed by atoms with Crippen LogP contribution in [0.4, 0.5) is 8.78 Å². The van der Waals surface area contributed by atoms with Gasteiger partial charge >= 0.3 is 6.11 Å². The Kier molecular flexibility index (Phi) is 4.29. The molecule has 0 radical (unpaired) electrons. The van der Waals surface area contributed by atoms with Crippen molar-refractivity contribution in [2.24, 2.45) is 0 Å². The van der Waals surface area contributed by atoms with Crippen LogP contribution in [0.3, 0.4) is 0 Å².